The van der Waals surface area contributed by atoms with Crippen LogP contribution in [0.2, 0.25) is 0 Å². The van der Waals surface area contributed by atoms with Crippen LogP contribution in [0.4, 0.5) is 0 Å². The largest absolute Gasteiger partial charge is 0.467 e. The number of rotatable bonds is 10. The molecule has 0 aromatic carbocycles. The fourth-order valence-electron chi connectivity index (χ4n) is 2.35. The Labute approximate surface area is 135 Å². The molecule has 0 aliphatic heterocycles. The van der Waals surface area contributed by atoms with Gasteiger partial charge in [0.05, 0.1) is 6.26 Å². The van der Waals surface area contributed by atoms with Crippen molar-refractivity contribution in [1.29, 1.82) is 0 Å². The fourth-order valence-corrected chi connectivity index (χ4v) is 2.35. The van der Waals surface area contributed by atoms with Crippen LogP contribution in [0, 0.1) is 0 Å². The van der Waals surface area contributed by atoms with E-state index in [1.165, 1.54) is 13.0 Å². The predicted octanol–water partition coefficient (Wildman–Crippen LogP) is 2.85. The van der Waals surface area contributed by atoms with Crippen molar-refractivity contribution in [3.8, 4) is 0 Å². The Balaban J connectivity index is 2.36. The molecule has 1 aromatic heterocycles. The summed E-state index contributed by atoms with van der Waals surface area (Å²) in [7, 11) is 0. The summed E-state index contributed by atoms with van der Waals surface area (Å²) in [5.41, 5.74) is 0. The van der Waals surface area contributed by atoms with E-state index in [1.54, 1.807) is 6.26 Å². The van der Waals surface area contributed by atoms with Crippen LogP contribution in [0.3, 0.4) is 0 Å². The van der Waals surface area contributed by atoms with Gasteiger partial charge in [0, 0.05) is 12.6 Å². The quantitative estimate of drug-likeness (QED) is 0.515. The second-order valence-electron chi connectivity index (χ2n) is 5.49. The second-order valence-corrected chi connectivity index (χ2v) is 5.49. The average molecular weight is 308 g/mol. The lowest BCUT2D eigenvalue weighted by molar-refractivity contribution is 0.292. The Hall–Kier alpha value is -1.49. The second kappa shape index (κ2) is 11.1. The van der Waals surface area contributed by atoms with Gasteiger partial charge in [-0.25, -0.2) is 4.99 Å². The summed E-state index contributed by atoms with van der Waals surface area (Å²) >= 11 is 0. The zero-order valence-electron chi connectivity index (χ0n) is 14.6. The van der Waals surface area contributed by atoms with E-state index in [4.69, 9.17) is 4.42 Å². The highest BCUT2D eigenvalue weighted by molar-refractivity contribution is 5.79. The first-order valence-corrected chi connectivity index (χ1v) is 8.49. The molecule has 0 bridgehead atoms. The maximum atomic E-state index is 5.31. The number of hydrogen-bond donors (Lipinski definition) is 2. The molecule has 126 valence electrons. The van der Waals surface area contributed by atoms with Gasteiger partial charge >= 0.3 is 0 Å². The fraction of sp³-hybridized carbons (Fsp3) is 0.706. The molecule has 0 radical (unpaired) electrons. The number of hydrogen-bond acceptors (Lipinski definition) is 3. The molecule has 2 N–H and O–H groups in total. The molecule has 1 unspecified atom stereocenters. The predicted molar refractivity (Wildman–Crippen MR) is 93.1 cm³/mol. The van der Waals surface area contributed by atoms with Gasteiger partial charge in [-0.3, -0.25) is 0 Å². The van der Waals surface area contributed by atoms with Crippen LogP contribution in [-0.2, 0) is 6.54 Å². The number of furan rings is 1. The molecule has 1 heterocycles. The molecule has 0 saturated heterocycles. The molecular formula is C17H32N4O. The van der Waals surface area contributed by atoms with E-state index in [2.05, 4.69) is 48.2 Å². The Morgan fingerprint density at radius 3 is 2.68 bits per heavy atom. The van der Waals surface area contributed by atoms with Gasteiger partial charge < -0.3 is 20.0 Å². The molecular weight excluding hydrogens is 276 g/mol. The van der Waals surface area contributed by atoms with Gasteiger partial charge in [-0.2, -0.15) is 0 Å². The van der Waals surface area contributed by atoms with Crippen LogP contribution in [0.1, 0.15) is 46.3 Å². The summed E-state index contributed by atoms with van der Waals surface area (Å²) < 4.78 is 5.31. The molecule has 5 heteroatoms. The molecule has 1 rings (SSSR count). The summed E-state index contributed by atoms with van der Waals surface area (Å²) in [5, 5.41) is 6.75. The number of guanidine groups is 1. The highest BCUT2D eigenvalue weighted by atomic mass is 16.3. The highest BCUT2D eigenvalue weighted by Gasteiger charge is 2.06. The Kier molecular flexibility index (Phi) is 9.39. The van der Waals surface area contributed by atoms with Crippen LogP contribution in [0.25, 0.3) is 0 Å². The summed E-state index contributed by atoms with van der Waals surface area (Å²) in [6.07, 6.45) is 4.02. The zero-order chi connectivity index (χ0) is 16.2. The minimum absolute atomic E-state index is 0.407. The third-order valence-electron chi connectivity index (χ3n) is 3.71. The lowest BCUT2D eigenvalue weighted by Gasteiger charge is -2.21. The van der Waals surface area contributed by atoms with Crippen LogP contribution >= 0.6 is 0 Å². The molecule has 0 spiro atoms. The summed E-state index contributed by atoms with van der Waals surface area (Å²) in [6.45, 7) is 13.6. The minimum atomic E-state index is 0.407. The molecule has 0 amide bonds. The summed E-state index contributed by atoms with van der Waals surface area (Å²) in [6, 6.07) is 4.24. The Bertz CT molecular complexity index is 399. The SMILES string of the molecule is CCNC(=NCc1ccco1)NC(C)CCCN(CC)CC. The first-order chi connectivity index (χ1) is 10.7. The van der Waals surface area contributed by atoms with Crippen molar-refractivity contribution < 1.29 is 4.42 Å². The average Bonchev–Trinajstić information content (AvgIpc) is 3.03. The maximum absolute atomic E-state index is 5.31. The van der Waals surface area contributed by atoms with E-state index in [1.807, 2.05) is 12.1 Å². The van der Waals surface area contributed by atoms with Crippen molar-refractivity contribution in [2.75, 3.05) is 26.2 Å². The van der Waals surface area contributed by atoms with E-state index in [-0.39, 0.29) is 0 Å². The van der Waals surface area contributed by atoms with Crippen molar-refractivity contribution >= 4 is 5.96 Å². The van der Waals surface area contributed by atoms with Gasteiger partial charge in [0.15, 0.2) is 5.96 Å². The van der Waals surface area contributed by atoms with E-state index in [0.29, 0.717) is 12.6 Å². The van der Waals surface area contributed by atoms with Crippen molar-refractivity contribution in [1.82, 2.24) is 15.5 Å². The van der Waals surface area contributed by atoms with E-state index < -0.39 is 0 Å². The molecule has 5 nitrogen and oxygen atoms in total. The van der Waals surface area contributed by atoms with Crippen LogP contribution in [-0.4, -0.2) is 43.1 Å². The first kappa shape index (κ1) is 18.6. The Morgan fingerprint density at radius 2 is 2.09 bits per heavy atom. The molecule has 0 saturated carbocycles. The van der Waals surface area contributed by atoms with Crippen molar-refractivity contribution in [3.63, 3.8) is 0 Å². The Morgan fingerprint density at radius 1 is 1.32 bits per heavy atom. The van der Waals surface area contributed by atoms with Gasteiger partial charge in [0.2, 0.25) is 0 Å². The number of nitrogens with zero attached hydrogens (tertiary/aromatic N) is 2. The minimum Gasteiger partial charge on any atom is -0.467 e. The topological polar surface area (TPSA) is 52.8 Å². The van der Waals surface area contributed by atoms with Gasteiger partial charge in [0.25, 0.3) is 0 Å². The normalized spacial score (nSPS) is 13.4. The van der Waals surface area contributed by atoms with E-state index in [9.17, 15) is 0 Å². The zero-order valence-corrected chi connectivity index (χ0v) is 14.6. The van der Waals surface area contributed by atoms with Crippen molar-refractivity contribution in [2.45, 2.75) is 53.1 Å². The van der Waals surface area contributed by atoms with E-state index >= 15 is 0 Å². The molecule has 1 aromatic rings. The van der Waals surface area contributed by atoms with Crippen molar-refractivity contribution in [3.05, 3.63) is 24.2 Å². The molecule has 0 fully saturated rings. The smallest absolute Gasteiger partial charge is 0.191 e. The lowest BCUT2D eigenvalue weighted by Crippen LogP contribution is -2.42. The van der Waals surface area contributed by atoms with Gasteiger partial charge in [-0.05, 0) is 58.5 Å². The number of nitrogens with one attached hydrogen (secondary N) is 2. The third kappa shape index (κ3) is 7.50. The first-order valence-electron chi connectivity index (χ1n) is 8.49. The van der Waals surface area contributed by atoms with Gasteiger partial charge in [0.1, 0.15) is 12.3 Å². The summed E-state index contributed by atoms with van der Waals surface area (Å²) in [5.74, 6) is 1.74. The monoisotopic (exact) mass is 308 g/mol. The molecule has 0 aliphatic carbocycles. The van der Waals surface area contributed by atoms with Crippen LogP contribution in [0.5, 0.6) is 0 Å². The van der Waals surface area contributed by atoms with Crippen molar-refractivity contribution in [2.24, 2.45) is 4.99 Å². The summed E-state index contributed by atoms with van der Waals surface area (Å²) in [4.78, 5) is 7.02. The highest BCUT2D eigenvalue weighted by Crippen LogP contribution is 2.02. The molecule has 1 atom stereocenters. The van der Waals surface area contributed by atoms with Gasteiger partial charge in [-0.1, -0.05) is 13.8 Å². The van der Waals surface area contributed by atoms with Gasteiger partial charge in [-0.15, -0.1) is 0 Å². The van der Waals surface area contributed by atoms with Crippen LogP contribution in [0.15, 0.2) is 27.8 Å². The molecule has 22 heavy (non-hydrogen) atoms. The number of aliphatic imine (C=N–C) groups is 1. The molecule has 0 aliphatic rings. The lowest BCUT2D eigenvalue weighted by atomic mass is 10.2. The maximum Gasteiger partial charge on any atom is 0.191 e. The third-order valence-corrected chi connectivity index (χ3v) is 3.71. The van der Waals surface area contributed by atoms with Crippen LogP contribution < -0.4 is 10.6 Å². The standard InChI is InChI=1S/C17H32N4O/c1-5-18-17(19-14-16-11-9-13-22-16)20-15(4)10-8-12-21(6-2)7-3/h9,11,13,15H,5-8,10,12,14H2,1-4H3,(H2,18,19,20). The van der Waals surface area contributed by atoms with E-state index in [0.717, 1.165) is 37.8 Å².